The monoisotopic (exact) mass is 298 g/mol. The van der Waals surface area contributed by atoms with Crippen molar-refractivity contribution < 1.29 is 9.53 Å². The van der Waals surface area contributed by atoms with Crippen LogP contribution in [0.3, 0.4) is 0 Å². The summed E-state index contributed by atoms with van der Waals surface area (Å²) < 4.78 is 5.82. The number of nitriles is 1. The van der Waals surface area contributed by atoms with E-state index < -0.39 is 5.41 Å². The van der Waals surface area contributed by atoms with E-state index in [0.717, 1.165) is 24.8 Å². The Morgan fingerprint density at radius 2 is 1.95 bits per heavy atom. The lowest BCUT2D eigenvalue weighted by atomic mass is 9.74. The molecule has 0 radical (unpaired) electrons. The fourth-order valence-corrected chi connectivity index (χ4v) is 3.53. The SMILES string of the molecule is N#CC1(C(=O)N2CCO[C@@H](c3ccccc3)C2)CCCCC1. The Morgan fingerprint density at radius 1 is 1.23 bits per heavy atom. The molecule has 4 nitrogen and oxygen atoms in total. The van der Waals surface area contributed by atoms with Crippen LogP contribution in [0.2, 0.25) is 0 Å². The molecule has 1 atom stereocenters. The van der Waals surface area contributed by atoms with Gasteiger partial charge in [0.1, 0.15) is 11.5 Å². The lowest BCUT2D eigenvalue weighted by molar-refractivity contribution is -0.148. The first-order valence-corrected chi connectivity index (χ1v) is 8.12. The van der Waals surface area contributed by atoms with Gasteiger partial charge in [0.2, 0.25) is 5.91 Å². The fourth-order valence-electron chi connectivity index (χ4n) is 3.53. The zero-order valence-corrected chi connectivity index (χ0v) is 12.8. The van der Waals surface area contributed by atoms with E-state index in [2.05, 4.69) is 6.07 Å². The van der Waals surface area contributed by atoms with Crippen LogP contribution in [0.1, 0.15) is 43.8 Å². The van der Waals surface area contributed by atoms with Crippen LogP contribution in [0.25, 0.3) is 0 Å². The topological polar surface area (TPSA) is 53.3 Å². The highest BCUT2D eigenvalue weighted by molar-refractivity contribution is 5.85. The van der Waals surface area contributed by atoms with Gasteiger partial charge in [0, 0.05) is 6.54 Å². The molecular weight excluding hydrogens is 276 g/mol. The number of ether oxygens (including phenoxy) is 1. The number of hydrogen-bond donors (Lipinski definition) is 0. The van der Waals surface area contributed by atoms with Gasteiger partial charge in [-0.05, 0) is 18.4 Å². The van der Waals surface area contributed by atoms with Gasteiger partial charge in [-0.2, -0.15) is 5.26 Å². The Hall–Kier alpha value is -1.86. The standard InChI is InChI=1S/C18H22N2O2/c19-14-18(9-5-2-6-10-18)17(21)20-11-12-22-16(13-20)15-7-3-1-4-8-15/h1,3-4,7-8,16H,2,5-6,9-13H2/t16-/m1/s1. The van der Waals surface area contributed by atoms with Crippen molar-refractivity contribution in [3.05, 3.63) is 35.9 Å². The molecule has 0 unspecified atom stereocenters. The maximum atomic E-state index is 12.9. The van der Waals surface area contributed by atoms with Crippen LogP contribution >= 0.6 is 0 Å². The van der Waals surface area contributed by atoms with Crippen LogP contribution in [-0.4, -0.2) is 30.5 Å². The van der Waals surface area contributed by atoms with Gasteiger partial charge in [-0.3, -0.25) is 4.79 Å². The van der Waals surface area contributed by atoms with Crippen molar-refractivity contribution in [1.29, 1.82) is 5.26 Å². The molecule has 2 fully saturated rings. The number of benzene rings is 1. The van der Waals surface area contributed by atoms with Gasteiger partial charge in [-0.25, -0.2) is 0 Å². The molecule has 4 heteroatoms. The summed E-state index contributed by atoms with van der Waals surface area (Å²) in [6.45, 7) is 1.67. The summed E-state index contributed by atoms with van der Waals surface area (Å²) in [5.74, 6) is 0.0129. The summed E-state index contributed by atoms with van der Waals surface area (Å²) in [5, 5.41) is 9.60. The minimum Gasteiger partial charge on any atom is -0.370 e. The summed E-state index contributed by atoms with van der Waals surface area (Å²) in [6, 6.07) is 12.3. The lowest BCUT2D eigenvalue weighted by Crippen LogP contribution is -2.49. The Kier molecular flexibility index (Phi) is 4.44. The zero-order valence-electron chi connectivity index (χ0n) is 12.8. The molecule has 0 bridgehead atoms. The summed E-state index contributed by atoms with van der Waals surface area (Å²) >= 11 is 0. The quantitative estimate of drug-likeness (QED) is 0.843. The minimum absolute atomic E-state index is 0.0129. The van der Waals surface area contributed by atoms with Gasteiger partial charge in [-0.15, -0.1) is 0 Å². The van der Waals surface area contributed by atoms with E-state index in [-0.39, 0.29) is 12.0 Å². The van der Waals surface area contributed by atoms with Crippen LogP contribution in [0.4, 0.5) is 0 Å². The van der Waals surface area contributed by atoms with Gasteiger partial charge in [-0.1, -0.05) is 49.6 Å². The first-order valence-electron chi connectivity index (χ1n) is 8.12. The van der Waals surface area contributed by atoms with Crippen molar-refractivity contribution in [3.8, 4) is 6.07 Å². The van der Waals surface area contributed by atoms with Crippen LogP contribution in [0.5, 0.6) is 0 Å². The number of morpholine rings is 1. The molecule has 1 aliphatic heterocycles. The average molecular weight is 298 g/mol. The average Bonchev–Trinajstić information content (AvgIpc) is 2.62. The molecule has 1 aromatic rings. The van der Waals surface area contributed by atoms with Crippen LogP contribution in [-0.2, 0) is 9.53 Å². The lowest BCUT2D eigenvalue weighted by Gasteiger charge is -2.39. The van der Waals surface area contributed by atoms with E-state index in [1.54, 1.807) is 0 Å². The Bertz CT molecular complexity index is 558. The predicted molar refractivity (Wildman–Crippen MR) is 82.8 cm³/mol. The maximum absolute atomic E-state index is 12.9. The molecule has 22 heavy (non-hydrogen) atoms. The predicted octanol–water partition coefficient (Wildman–Crippen LogP) is 3.06. The van der Waals surface area contributed by atoms with Crippen molar-refractivity contribution in [2.75, 3.05) is 19.7 Å². The van der Waals surface area contributed by atoms with Gasteiger partial charge >= 0.3 is 0 Å². The van der Waals surface area contributed by atoms with Gasteiger partial charge in [0.25, 0.3) is 0 Å². The van der Waals surface area contributed by atoms with E-state index >= 15 is 0 Å². The van der Waals surface area contributed by atoms with E-state index in [4.69, 9.17) is 4.74 Å². The smallest absolute Gasteiger partial charge is 0.243 e. The first-order chi connectivity index (χ1) is 10.7. The van der Waals surface area contributed by atoms with Crippen molar-refractivity contribution in [3.63, 3.8) is 0 Å². The third-order valence-corrected chi connectivity index (χ3v) is 4.86. The molecule has 1 aromatic carbocycles. The maximum Gasteiger partial charge on any atom is 0.243 e. The van der Waals surface area contributed by atoms with E-state index in [1.807, 2.05) is 35.2 Å². The fraction of sp³-hybridized carbons (Fsp3) is 0.556. The summed E-state index contributed by atoms with van der Waals surface area (Å²) in [7, 11) is 0. The largest absolute Gasteiger partial charge is 0.370 e. The van der Waals surface area contributed by atoms with Gasteiger partial charge in [0.15, 0.2) is 0 Å². The normalized spacial score (nSPS) is 24.5. The van der Waals surface area contributed by atoms with E-state index in [0.29, 0.717) is 32.5 Å². The Balaban J connectivity index is 1.74. The van der Waals surface area contributed by atoms with Gasteiger partial charge in [0.05, 0.1) is 19.2 Å². The molecule has 0 N–H and O–H groups in total. The molecule has 2 aliphatic rings. The summed E-state index contributed by atoms with van der Waals surface area (Å²) in [4.78, 5) is 14.8. The van der Waals surface area contributed by atoms with Crippen LogP contribution in [0.15, 0.2) is 30.3 Å². The third-order valence-electron chi connectivity index (χ3n) is 4.86. The minimum atomic E-state index is -0.795. The molecule has 1 saturated heterocycles. The van der Waals surface area contributed by atoms with E-state index in [9.17, 15) is 10.1 Å². The number of carbonyl (C=O) groups excluding carboxylic acids is 1. The highest BCUT2D eigenvalue weighted by Gasteiger charge is 2.43. The van der Waals surface area contributed by atoms with E-state index in [1.165, 1.54) is 0 Å². The van der Waals surface area contributed by atoms with Crippen molar-refractivity contribution in [2.24, 2.45) is 5.41 Å². The van der Waals surface area contributed by atoms with Crippen LogP contribution in [0, 0.1) is 16.7 Å². The molecule has 1 aliphatic carbocycles. The second-order valence-electron chi connectivity index (χ2n) is 6.28. The molecule has 1 saturated carbocycles. The highest BCUT2D eigenvalue weighted by Crippen LogP contribution is 2.38. The number of hydrogen-bond acceptors (Lipinski definition) is 3. The Morgan fingerprint density at radius 3 is 2.64 bits per heavy atom. The first kappa shape index (κ1) is 15.1. The molecular formula is C18H22N2O2. The number of rotatable bonds is 2. The molecule has 3 rings (SSSR count). The molecule has 116 valence electrons. The van der Waals surface area contributed by atoms with Crippen molar-refractivity contribution in [1.82, 2.24) is 4.90 Å². The summed E-state index contributed by atoms with van der Waals surface area (Å²) in [6.07, 6.45) is 4.41. The van der Waals surface area contributed by atoms with Crippen molar-refractivity contribution >= 4 is 5.91 Å². The highest BCUT2D eigenvalue weighted by atomic mass is 16.5. The number of nitrogens with zero attached hydrogens (tertiary/aromatic N) is 2. The second-order valence-corrected chi connectivity index (χ2v) is 6.28. The number of amides is 1. The van der Waals surface area contributed by atoms with Crippen LogP contribution < -0.4 is 0 Å². The molecule has 0 spiro atoms. The molecule has 1 heterocycles. The summed E-state index contributed by atoms with van der Waals surface area (Å²) in [5.41, 5.74) is 0.297. The molecule has 1 amide bonds. The zero-order chi connectivity index (χ0) is 15.4. The second kappa shape index (κ2) is 6.50. The Labute approximate surface area is 131 Å². The number of carbonyl (C=O) groups is 1. The third kappa shape index (κ3) is 2.86. The van der Waals surface area contributed by atoms with Crippen molar-refractivity contribution in [2.45, 2.75) is 38.2 Å². The molecule has 0 aromatic heterocycles. The van der Waals surface area contributed by atoms with Gasteiger partial charge < -0.3 is 9.64 Å².